The van der Waals surface area contributed by atoms with Gasteiger partial charge in [0.25, 0.3) is 0 Å². The van der Waals surface area contributed by atoms with Crippen molar-refractivity contribution >= 4 is 20.9 Å². The van der Waals surface area contributed by atoms with Crippen molar-refractivity contribution in [2.45, 2.75) is 24.8 Å². The summed E-state index contributed by atoms with van der Waals surface area (Å²) in [5.74, 6) is 0.525. The van der Waals surface area contributed by atoms with Crippen LogP contribution in [0.15, 0.2) is 59.5 Å². The number of ether oxygens (including phenoxy) is 1. The highest BCUT2D eigenvalue weighted by Crippen LogP contribution is 2.26. The zero-order valence-corrected chi connectivity index (χ0v) is 15.5. The summed E-state index contributed by atoms with van der Waals surface area (Å²) in [7, 11) is -3.47. The molecule has 0 aliphatic carbocycles. The lowest BCUT2D eigenvalue weighted by Gasteiger charge is -2.37. The third kappa shape index (κ3) is 3.06. The minimum Gasteiger partial charge on any atom is -0.472 e. The molecule has 1 aliphatic heterocycles. The van der Waals surface area contributed by atoms with Gasteiger partial charge in [-0.3, -0.25) is 0 Å². The minimum atomic E-state index is -3.47. The second-order valence-corrected chi connectivity index (χ2v) is 8.59. The number of aryl methyl sites for hydroxylation is 2. The average Bonchev–Trinajstić information content (AvgIpc) is 2.59. The molecule has 0 atom stereocenters. The lowest BCUT2D eigenvalue weighted by molar-refractivity contribution is 0.0724. The fraction of sp³-hybridized carbons (Fsp3) is 0.250. The molecule has 1 fully saturated rings. The van der Waals surface area contributed by atoms with Gasteiger partial charge in [-0.25, -0.2) is 13.4 Å². The van der Waals surface area contributed by atoms with Crippen LogP contribution < -0.4 is 4.74 Å². The van der Waals surface area contributed by atoms with Gasteiger partial charge >= 0.3 is 0 Å². The first-order valence-corrected chi connectivity index (χ1v) is 9.97. The Bertz CT molecular complexity index is 1070. The van der Waals surface area contributed by atoms with Crippen molar-refractivity contribution in [3.8, 4) is 5.88 Å². The Morgan fingerprint density at radius 2 is 1.77 bits per heavy atom. The van der Waals surface area contributed by atoms with Gasteiger partial charge in [0.1, 0.15) is 6.10 Å². The van der Waals surface area contributed by atoms with Crippen LogP contribution in [0.5, 0.6) is 5.88 Å². The maximum Gasteiger partial charge on any atom is 0.243 e. The molecule has 5 nitrogen and oxygen atoms in total. The predicted octanol–water partition coefficient (Wildman–Crippen LogP) is 3.30. The summed E-state index contributed by atoms with van der Waals surface area (Å²) in [5, 5.41) is 1.05. The summed E-state index contributed by atoms with van der Waals surface area (Å²) < 4.78 is 32.7. The van der Waals surface area contributed by atoms with E-state index in [0.29, 0.717) is 23.9 Å². The third-order valence-electron chi connectivity index (χ3n) is 4.79. The van der Waals surface area contributed by atoms with Crippen LogP contribution in [0.2, 0.25) is 0 Å². The third-order valence-corrected chi connectivity index (χ3v) is 6.62. The standard InChI is InChI=1S/C20H20N2O3S/c1-14-7-9-18(11-15(14)2)26(23,24)22-12-17(13-22)25-20-10-8-16-5-3-4-6-19(16)21-20/h3-11,17H,12-13H2,1-2H3. The molecule has 0 saturated carbocycles. The van der Waals surface area contributed by atoms with Gasteiger partial charge in [-0.05, 0) is 49.2 Å². The second-order valence-electron chi connectivity index (χ2n) is 6.65. The smallest absolute Gasteiger partial charge is 0.243 e. The fourth-order valence-corrected chi connectivity index (χ4v) is 4.57. The van der Waals surface area contributed by atoms with E-state index >= 15 is 0 Å². The van der Waals surface area contributed by atoms with E-state index in [1.807, 2.05) is 56.3 Å². The Kier molecular flexibility index (Phi) is 4.17. The first-order chi connectivity index (χ1) is 12.4. The van der Waals surface area contributed by atoms with E-state index < -0.39 is 10.0 Å². The first-order valence-electron chi connectivity index (χ1n) is 8.53. The van der Waals surface area contributed by atoms with E-state index in [-0.39, 0.29) is 6.10 Å². The number of fused-ring (bicyclic) bond motifs is 1. The van der Waals surface area contributed by atoms with Crippen molar-refractivity contribution in [3.63, 3.8) is 0 Å². The van der Waals surface area contributed by atoms with Crippen molar-refractivity contribution in [2.24, 2.45) is 0 Å². The minimum absolute atomic E-state index is 0.176. The van der Waals surface area contributed by atoms with Gasteiger partial charge < -0.3 is 4.74 Å². The molecule has 1 saturated heterocycles. The number of hydrogen-bond donors (Lipinski definition) is 0. The quantitative estimate of drug-likeness (QED) is 0.709. The number of aromatic nitrogens is 1. The molecular weight excluding hydrogens is 348 g/mol. The zero-order chi connectivity index (χ0) is 18.3. The number of pyridine rings is 1. The van der Waals surface area contributed by atoms with E-state index in [9.17, 15) is 8.42 Å². The van der Waals surface area contributed by atoms with Crippen molar-refractivity contribution in [1.29, 1.82) is 0 Å². The van der Waals surface area contributed by atoms with E-state index in [1.165, 1.54) is 4.31 Å². The molecule has 6 heteroatoms. The molecular formula is C20H20N2O3S. The second kappa shape index (κ2) is 6.37. The largest absolute Gasteiger partial charge is 0.472 e. The van der Waals surface area contributed by atoms with Crippen molar-refractivity contribution in [1.82, 2.24) is 9.29 Å². The number of rotatable bonds is 4. The lowest BCUT2D eigenvalue weighted by atomic mass is 10.1. The van der Waals surface area contributed by atoms with E-state index in [0.717, 1.165) is 22.0 Å². The zero-order valence-electron chi connectivity index (χ0n) is 14.7. The highest BCUT2D eigenvalue weighted by Gasteiger charge is 2.38. The molecule has 4 rings (SSSR count). The Labute approximate surface area is 153 Å². The van der Waals surface area contributed by atoms with E-state index in [2.05, 4.69) is 4.98 Å². The number of hydrogen-bond acceptors (Lipinski definition) is 4. The van der Waals surface area contributed by atoms with Crippen molar-refractivity contribution in [2.75, 3.05) is 13.1 Å². The summed E-state index contributed by atoms with van der Waals surface area (Å²) >= 11 is 0. The van der Waals surface area contributed by atoms with Crippen LogP contribution in [0.3, 0.4) is 0 Å². The van der Waals surface area contributed by atoms with Gasteiger partial charge in [-0.1, -0.05) is 24.3 Å². The van der Waals surface area contributed by atoms with Crippen LogP contribution >= 0.6 is 0 Å². The van der Waals surface area contributed by atoms with E-state index in [4.69, 9.17) is 4.74 Å². The average molecular weight is 368 g/mol. The highest BCUT2D eigenvalue weighted by atomic mass is 32.2. The molecule has 2 heterocycles. The Hall–Kier alpha value is -2.44. The first kappa shape index (κ1) is 17.0. The van der Waals surface area contributed by atoms with Gasteiger partial charge in [-0.2, -0.15) is 4.31 Å². The van der Waals surface area contributed by atoms with Crippen LogP contribution in [0.1, 0.15) is 11.1 Å². The maximum absolute atomic E-state index is 12.7. The van der Waals surface area contributed by atoms with Crippen LogP contribution in [-0.2, 0) is 10.0 Å². The highest BCUT2D eigenvalue weighted by molar-refractivity contribution is 7.89. The molecule has 0 radical (unpaired) electrons. The molecule has 134 valence electrons. The normalized spacial score (nSPS) is 15.8. The van der Waals surface area contributed by atoms with Gasteiger partial charge in [-0.15, -0.1) is 0 Å². The van der Waals surface area contributed by atoms with E-state index in [1.54, 1.807) is 12.1 Å². The van der Waals surface area contributed by atoms with Crippen LogP contribution in [0.25, 0.3) is 10.9 Å². The van der Waals surface area contributed by atoms with Gasteiger partial charge in [0.2, 0.25) is 15.9 Å². The Balaban J connectivity index is 1.44. The SMILES string of the molecule is Cc1ccc(S(=O)(=O)N2CC(Oc3ccc4ccccc4n3)C2)cc1C. The topological polar surface area (TPSA) is 59.5 Å². The monoisotopic (exact) mass is 368 g/mol. The van der Waals surface area contributed by atoms with Crippen LogP contribution in [0.4, 0.5) is 0 Å². The summed E-state index contributed by atoms with van der Waals surface area (Å²) in [5.41, 5.74) is 2.92. The summed E-state index contributed by atoms with van der Waals surface area (Å²) in [6.45, 7) is 4.56. The Morgan fingerprint density at radius 3 is 2.54 bits per heavy atom. The van der Waals surface area contributed by atoms with Gasteiger partial charge in [0.05, 0.1) is 23.5 Å². The number of nitrogens with zero attached hydrogens (tertiary/aromatic N) is 2. The van der Waals surface area contributed by atoms with Crippen molar-refractivity contribution in [3.05, 3.63) is 65.7 Å². The Morgan fingerprint density at radius 1 is 1.00 bits per heavy atom. The maximum atomic E-state index is 12.7. The number of para-hydroxylation sites is 1. The van der Waals surface area contributed by atoms with Crippen LogP contribution in [-0.4, -0.2) is 36.9 Å². The molecule has 3 aromatic rings. The van der Waals surface area contributed by atoms with Crippen molar-refractivity contribution < 1.29 is 13.2 Å². The molecule has 1 aliphatic rings. The molecule has 0 unspecified atom stereocenters. The molecule has 2 aromatic carbocycles. The lowest BCUT2D eigenvalue weighted by Crippen LogP contribution is -2.56. The molecule has 0 spiro atoms. The molecule has 0 N–H and O–H groups in total. The fourth-order valence-electron chi connectivity index (χ4n) is 2.98. The van der Waals surface area contributed by atoms with Gasteiger partial charge in [0, 0.05) is 11.5 Å². The molecule has 26 heavy (non-hydrogen) atoms. The molecule has 0 amide bonds. The number of sulfonamides is 1. The summed E-state index contributed by atoms with van der Waals surface area (Å²) in [6, 6.07) is 16.8. The summed E-state index contributed by atoms with van der Waals surface area (Å²) in [4.78, 5) is 4.81. The molecule has 1 aromatic heterocycles. The summed E-state index contributed by atoms with van der Waals surface area (Å²) in [6.07, 6.45) is -0.176. The van der Waals surface area contributed by atoms with Gasteiger partial charge in [0.15, 0.2) is 0 Å². The molecule has 0 bridgehead atoms. The van der Waals surface area contributed by atoms with Crippen LogP contribution in [0, 0.1) is 13.8 Å². The predicted molar refractivity (Wildman–Crippen MR) is 101 cm³/mol. The number of benzene rings is 2.